The minimum absolute atomic E-state index is 0. The average molecular weight is 340 g/mol. The van der Waals surface area contributed by atoms with E-state index < -0.39 is 0 Å². The van der Waals surface area contributed by atoms with Crippen LogP contribution < -0.4 is 11.5 Å². The molecule has 0 atom stereocenters. The maximum atomic E-state index is 9.89. The molecule has 7 N–H and O–H groups in total. The van der Waals surface area contributed by atoms with Gasteiger partial charge in [-0.15, -0.1) is 24.8 Å². The second-order valence-corrected chi connectivity index (χ2v) is 4.51. The molecule has 3 rings (SSSR count). The van der Waals surface area contributed by atoms with E-state index in [9.17, 15) is 5.11 Å². The molecular formula is C14H15Cl2N5O. The van der Waals surface area contributed by atoms with Crippen LogP contribution in [0.1, 0.15) is 5.56 Å². The number of hydrogen-bond donors (Lipinski definition) is 5. The zero-order valence-corrected chi connectivity index (χ0v) is 13.0. The van der Waals surface area contributed by atoms with Crippen molar-refractivity contribution in [2.75, 3.05) is 5.73 Å². The molecular weight excluding hydrogens is 325 g/mol. The number of aromatic amines is 1. The van der Waals surface area contributed by atoms with Crippen LogP contribution in [0.2, 0.25) is 0 Å². The molecule has 3 aromatic rings. The quantitative estimate of drug-likeness (QED) is 0.213. The van der Waals surface area contributed by atoms with Gasteiger partial charge in [0.25, 0.3) is 0 Å². The van der Waals surface area contributed by atoms with Crippen molar-refractivity contribution in [1.82, 2.24) is 9.97 Å². The third-order valence-corrected chi connectivity index (χ3v) is 3.07. The summed E-state index contributed by atoms with van der Waals surface area (Å²) >= 11 is 0. The summed E-state index contributed by atoms with van der Waals surface area (Å²) in [5, 5.41) is 17.3. The highest BCUT2D eigenvalue weighted by atomic mass is 35.5. The van der Waals surface area contributed by atoms with Gasteiger partial charge in [0.05, 0.1) is 16.6 Å². The normalized spacial score (nSPS) is 9.82. The summed E-state index contributed by atoms with van der Waals surface area (Å²) < 4.78 is 0. The van der Waals surface area contributed by atoms with Crippen molar-refractivity contribution < 1.29 is 5.11 Å². The lowest BCUT2D eigenvalue weighted by Crippen LogP contribution is -2.10. The molecule has 0 aliphatic rings. The van der Waals surface area contributed by atoms with Gasteiger partial charge in [-0.1, -0.05) is 0 Å². The number of phenols is 1. The van der Waals surface area contributed by atoms with Crippen molar-refractivity contribution in [2.24, 2.45) is 5.73 Å². The molecule has 22 heavy (non-hydrogen) atoms. The molecule has 2 aromatic carbocycles. The Morgan fingerprint density at radius 3 is 2.55 bits per heavy atom. The molecule has 0 saturated heterocycles. The molecule has 0 fully saturated rings. The molecule has 8 heteroatoms. The fraction of sp³-hybridized carbons (Fsp3) is 0. The predicted octanol–water partition coefficient (Wildman–Crippen LogP) is 2.65. The average Bonchev–Trinajstić information content (AvgIpc) is 2.83. The molecule has 0 unspecified atom stereocenters. The minimum atomic E-state index is -0.00477. The smallest absolute Gasteiger partial charge is 0.142 e. The Bertz CT molecular complexity index is 831. The van der Waals surface area contributed by atoms with Gasteiger partial charge in [-0.2, -0.15) is 0 Å². The summed E-state index contributed by atoms with van der Waals surface area (Å²) in [5.74, 6) is 0.616. The lowest BCUT2D eigenvalue weighted by molar-refractivity contribution is 0.477. The standard InChI is InChI=1S/C14H13N5O.2ClH/c15-8-2-4-12(20)9(6-8)14-18-10-3-1-7(13(16)17)5-11(10)19-14;;/h1-6,20H,15H2,(H3,16,17)(H,18,19);2*1H. The number of aromatic hydroxyl groups is 1. The minimum Gasteiger partial charge on any atom is -0.507 e. The molecule has 0 amide bonds. The number of benzene rings is 2. The first-order valence-corrected chi connectivity index (χ1v) is 5.97. The van der Waals surface area contributed by atoms with Crippen LogP contribution in [0.3, 0.4) is 0 Å². The van der Waals surface area contributed by atoms with Crippen LogP contribution in [0.4, 0.5) is 5.69 Å². The number of nitrogens with two attached hydrogens (primary N) is 2. The van der Waals surface area contributed by atoms with E-state index in [1.54, 1.807) is 30.3 Å². The van der Waals surface area contributed by atoms with Crippen LogP contribution in [0.15, 0.2) is 36.4 Å². The number of nitrogen functional groups attached to an aromatic ring is 2. The molecule has 116 valence electrons. The number of halogens is 2. The maximum Gasteiger partial charge on any atom is 0.142 e. The number of hydrogen-bond acceptors (Lipinski definition) is 4. The number of nitrogens with zero attached hydrogens (tertiary/aromatic N) is 1. The van der Waals surface area contributed by atoms with Gasteiger partial charge in [0, 0.05) is 11.3 Å². The number of imidazole rings is 1. The van der Waals surface area contributed by atoms with Crippen LogP contribution >= 0.6 is 24.8 Å². The third-order valence-electron chi connectivity index (χ3n) is 3.07. The number of nitrogens with one attached hydrogen (secondary N) is 2. The van der Waals surface area contributed by atoms with E-state index in [-0.39, 0.29) is 36.4 Å². The second kappa shape index (κ2) is 6.55. The van der Waals surface area contributed by atoms with Gasteiger partial charge in [0.2, 0.25) is 0 Å². The number of H-pyrrole nitrogens is 1. The van der Waals surface area contributed by atoms with E-state index in [1.165, 1.54) is 6.07 Å². The van der Waals surface area contributed by atoms with Crippen molar-refractivity contribution >= 4 is 47.4 Å². The molecule has 0 aliphatic heterocycles. The largest absolute Gasteiger partial charge is 0.507 e. The van der Waals surface area contributed by atoms with Crippen molar-refractivity contribution in [3.63, 3.8) is 0 Å². The van der Waals surface area contributed by atoms with Crippen molar-refractivity contribution in [3.8, 4) is 17.1 Å². The number of aromatic nitrogens is 2. The van der Waals surface area contributed by atoms with Crippen LogP contribution in [0, 0.1) is 5.41 Å². The molecule has 1 aromatic heterocycles. The molecule has 0 spiro atoms. The van der Waals surface area contributed by atoms with Crippen LogP contribution in [-0.4, -0.2) is 20.9 Å². The van der Waals surface area contributed by atoms with Crippen LogP contribution in [-0.2, 0) is 0 Å². The highest BCUT2D eigenvalue weighted by Gasteiger charge is 2.10. The fourth-order valence-corrected chi connectivity index (χ4v) is 2.05. The van der Waals surface area contributed by atoms with Crippen LogP contribution in [0.25, 0.3) is 22.4 Å². The summed E-state index contributed by atoms with van der Waals surface area (Å²) in [6.07, 6.45) is 0. The van der Waals surface area contributed by atoms with Gasteiger partial charge in [0.1, 0.15) is 17.4 Å². The zero-order valence-electron chi connectivity index (χ0n) is 11.3. The van der Waals surface area contributed by atoms with Crippen molar-refractivity contribution in [1.29, 1.82) is 5.41 Å². The van der Waals surface area contributed by atoms with Gasteiger partial charge in [-0.25, -0.2) is 4.98 Å². The number of anilines is 1. The molecule has 0 radical (unpaired) electrons. The SMILES string of the molecule is Cl.Cl.N=C(N)c1ccc2nc(-c3cc(N)ccc3O)[nH]c2c1. The lowest BCUT2D eigenvalue weighted by Gasteiger charge is -2.01. The molecule has 1 heterocycles. The first-order chi connectivity index (χ1) is 9.54. The van der Waals surface area contributed by atoms with E-state index in [1.807, 2.05) is 0 Å². The summed E-state index contributed by atoms with van der Waals surface area (Å²) in [6, 6.07) is 10.1. The zero-order chi connectivity index (χ0) is 14.3. The topological polar surface area (TPSA) is 125 Å². The molecule has 6 nitrogen and oxygen atoms in total. The first-order valence-electron chi connectivity index (χ1n) is 5.97. The number of rotatable bonds is 2. The van der Waals surface area contributed by atoms with Crippen LogP contribution in [0.5, 0.6) is 5.75 Å². The first kappa shape index (κ1) is 17.6. The van der Waals surface area contributed by atoms with E-state index in [0.717, 1.165) is 11.0 Å². The van der Waals surface area contributed by atoms with E-state index in [2.05, 4.69) is 9.97 Å². The van der Waals surface area contributed by atoms with Gasteiger partial charge in [0.15, 0.2) is 0 Å². The Balaban J connectivity index is 0.00000121. The third kappa shape index (κ3) is 3.08. The fourth-order valence-electron chi connectivity index (χ4n) is 2.05. The Hall–Kier alpha value is -2.44. The Labute approximate surface area is 138 Å². The molecule has 0 bridgehead atoms. The Morgan fingerprint density at radius 1 is 1.14 bits per heavy atom. The molecule has 0 saturated carbocycles. The van der Waals surface area contributed by atoms with Gasteiger partial charge >= 0.3 is 0 Å². The number of phenolic OH excluding ortho intramolecular Hbond substituents is 1. The monoisotopic (exact) mass is 339 g/mol. The predicted molar refractivity (Wildman–Crippen MR) is 93.1 cm³/mol. The van der Waals surface area contributed by atoms with E-state index in [4.69, 9.17) is 16.9 Å². The van der Waals surface area contributed by atoms with Gasteiger partial charge in [-0.3, -0.25) is 5.41 Å². The summed E-state index contributed by atoms with van der Waals surface area (Å²) in [7, 11) is 0. The van der Waals surface area contributed by atoms with E-state index in [0.29, 0.717) is 22.6 Å². The molecule has 0 aliphatic carbocycles. The summed E-state index contributed by atoms with van der Waals surface area (Å²) in [4.78, 5) is 7.50. The maximum absolute atomic E-state index is 9.89. The lowest BCUT2D eigenvalue weighted by atomic mass is 10.1. The summed E-state index contributed by atoms with van der Waals surface area (Å²) in [5.41, 5.74) is 14.4. The second-order valence-electron chi connectivity index (χ2n) is 4.51. The van der Waals surface area contributed by atoms with Gasteiger partial charge in [-0.05, 0) is 36.4 Å². The van der Waals surface area contributed by atoms with Gasteiger partial charge < -0.3 is 21.6 Å². The van der Waals surface area contributed by atoms with Crippen molar-refractivity contribution in [2.45, 2.75) is 0 Å². The van der Waals surface area contributed by atoms with Crippen molar-refractivity contribution in [3.05, 3.63) is 42.0 Å². The highest BCUT2D eigenvalue weighted by Crippen LogP contribution is 2.30. The Morgan fingerprint density at radius 2 is 1.86 bits per heavy atom. The number of fused-ring (bicyclic) bond motifs is 1. The summed E-state index contributed by atoms with van der Waals surface area (Å²) in [6.45, 7) is 0. The highest BCUT2D eigenvalue weighted by molar-refractivity contribution is 5.98. The van der Waals surface area contributed by atoms with E-state index >= 15 is 0 Å². The Kier molecular flexibility index (Phi) is 5.24. The number of amidine groups is 1.